The lowest BCUT2D eigenvalue weighted by molar-refractivity contribution is 0.292. The third kappa shape index (κ3) is 10.6. The number of rotatable bonds is 12. The van der Waals surface area contributed by atoms with E-state index in [1.54, 1.807) is 6.21 Å². The van der Waals surface area contributed by atoms with E-state index in [2.05, 4.69) is 49.5 Å². The number of nitrogens with one attached hydrogen (secondary N) is 2. The highest BCUT2D eigenvalue weighted by atomic mass is 16.5. The fourth-order valence-corrected chi connectivity index (χ4v) is 2.50. The molecule has 2 aromatic rings. The quantitative estimate of drug-likeness (QED) is 0.271. The van der Waals surface area contributed by atoms with E-state index < -0.39 is 0 Å². The molecule has 0 atom stereocenters. The average Bonchev–Trinajstić information content (AvgIpc) is 3.13. The van der Waals surface area contributed by atoms with Gasteiger partial charge < -0.3 is 19.4 Å². The summed E-state index contributed by atoms with van der Waals surface area (Å²) in [4.78, 5) is 15.5. The smallest absolute Gasteiger partial charge is 0.321 e. The van der Waals surface area contributed by atoms with Crippen molar-refractivity contribution in [3.8, 4) is 6.01 Å². The summed E-state index contributed by atoms with van der Waals surface area (Å²) in [6, 6.07) is 2.19. The van der Waals surface area contributed by atoms with Crippen molar-refractivity contribution in [3.63, 3.8) is 0 Å². The van der Waals surface area contributed by atoms with Gasteiger partial charge >= 0.3 is 6.01 Å². The van der Waals surface area contributed by atoms with Gasteiger partial charge in [-0.15, -0.1) is 0 Å². The van der Waals surface area contributed by atoms with Crippen LogP contribution in [-0.4, -0.2) is 54.5 Å². The van der Waals surface area contributed by atoms with Gasteiger partial charge in [0, 0.05) is 25.7 Å². The number of ether oxygens (including phenoxy) is 1. The molecule has 0 saturated carbocycles. The second-order valence-corrected chi connectivity index (χ2v) is 6.44. The number of furan rings is 1. The van der Waals surface area contributed by atoms with E-state index >= 15 is 0 Å². The van der Waals surface area contributed by atoms with Crippen molar-refractivity contribution in [2.75, 3.05) is 43.6 Å². The summed E-state index contributed by atoms with van der Waals surface area (Å²) in [6.45, 7) is 19.1. The molecule has 32 heavy (non-hydrogen) atoms. The summed E-state index contributed by atoms with van der Waals surface area (Å²) in [5.74, 6) is 2.46. The molecule has 0 radical (unpaired) electrons. The van der Waals surface area contributed by atoms with E-state index in [0.29, 0.717) is 36.8 Å². The molecule has 0 aliphatic rings. The van der Waals surface area contributed by atoms with Crippen LogP contribution in [0.25, 0.3) is 0 Å². The van der Waals surface area contributed by atoms with E-state index in [4.69, 9.17) is 9.15 Å². The van der Waals surface area contributed by atoms with Gasteiger partial charge in [-0.05, 0) is 39.3 Å². The third-order valence-electron chi connectivity index (χ3n) is 3.99. The molecule has 2 heterocycles. The molecule has 0 amide bonds. The monoisotopic (exact) mass is 449 g/mol. The average molecular weight is 450 g/mol. The highest BCUT2D eigenvalue weighted by molar-refractivity contribution is 5.75. The minimum atomic E-state index is 0.295. The lowest BCUT2D eigenvalue weighted by Gasteiger charge is -2.21. The topological polar surface area (TPSA) is 101 Å². The molecule has 182 valence electrons. The minimum absolute atomic E-state index is 0.295. The van der Waals surface area contributed by atoms with Gasteiger partial charge in [-0.25, -0.2) is 5.43 Å². The second-order valence-electron chi connectivity index (χ2n) is 6.44. The normalized spacial score (nSPS) is 10.2. The minimum Gasteiger partial charge on any atom is -0.462 e. The van der Waals surface area contributed by atoms with Crippen molar-refractivity contribution in [1.29, 1.82) is 0 Å². The number of hydrazone groups is 1. The van der Waals surface area contributed by atoms with Crippen LogP contribution in [0.5, 0.6) is 6.01 Å². The Morgan fingerprint density at radius 3 is 2.25 bits per heavy atom. The molecule has 0 bridgehead atoms. The number of nitrogens with zero attached hydrogens (tertiary/aromatic N) is 5. The van der Waals surface area contributed by atoms with Crippen molar-refractivity contribution < 1.29 is 9.15 Å². The van der Waals surface area contributed by atoms with E-state index in [9.17, 15) is 0 Å². The number of likely N-dealkylation sites (N-methyl/N-ethyl adjacent to an activating group) is 1. The van der Waals surface area contributed by atoms with Gasteiger partial charge in [0.25, 0.3) is 0 Å². The van der Waals surface area contributed by atoms with Gasteiger partial charge in [0.15, 0.2) is 5.82 Å². The standard InChI is InChI=1S/C19H31N7O2.2C2H6/c1-6-9-26(10-7-2)18-22-16(23-19(24-18)27-11-8-20-5)13-21-25-17-12-14(3)15(4)28-17;2*1-2/h12-13,20,25H,6-11H2,1-5H3;2*1-2H3/b21-13+;;. The van der Waals surface area contributed by atoms with Gasteiger partial charge in [-0.2, -0.15) is 20.1 Å². The molecule has 0 fully saturated rings. The van der Waals surface area contributed by atoms with Gasteiger partial charge in [0.05, 0.1) is 6.21 Å². The fourth-order valence-electron chi connectivity index (χ4n) is 2.50. The first kappa shape index (κ1) is 29.3. The van der Waals surface area contributed by atoms with Crippen LogP contribution in [0.2, 0.25) is 0 Å². The van der Waals surface area contributed by atoms with E-state index in [1.165, 1.54) is 0 Å². The van der Waals surface area contributed by atoms with Crippen LogP contribution in [0.4, 0.5) is 11.8 Å². The Morgan fingerprint density at radius 1 is 1.06 bits per heavy atom. The zero-order valence-electron chi connectivity index (χ0n) is 21.4. The van der Waals surface area contributed by atoms with Crippen molar-refractivity contribution in [3.05, 3.63) is 23.2 Å². The lowest BCUT2D eigenvalue weighted by atomic mass is 10.3. The first-order chi connectivity index (χ1) is 15.6. The molecule has 0 saturated heterocycles. The molecule has 2 aromatic heterocycles. The molecule has 0 spiro atoms. The van der Waals surface area contributed by atoms with Gasteiger partial charge in [0.2, 0.25) is 11.8 Å². The molecule has 0 unspecified atom stereocenters. The zero-order chi connectivity index (χ0) is 24.4. The first-order valence-corrected chi connectivity index (χ1v) is 11.7. The maximum atomic E-state index is 5.67. The predicted molar refractivity (Wildman–Crippen MR) is 134 cm³/mol. The molecule has 2 rings (SSSR count). The Morgan fingerprint density at radius 2 is 1.72 bits per heavy atom. The van der Waals surface area contributed by atoms with E-state index in [0.717, 1.165) is 37.3 Å². The van der Waals surface area contributed by atoms with Crippen LogP contribution in [0, 0.1) is 13.8 Å². The van der Waals surface area contributed by atoms with Crippen LogP contribution in [0.15, 0.2) is 15.6 Å². The summed E-state index contributed by atoms with van der Waals surface area (Å²) in [7, 11) is 1.87. The summed E-state index contributed by atoms with van der Waals surface area (Å²) >= 11 is 0. The van der Waals surface area contributed by atoms with E-state index in [1.807, 2.05) is 54.7 Å². The number of aromatic nitrogens is 3. The van der Waals surface area contributed by atoms with Gasteiger partial charge in [-0.3, -0.25) is 0 Å². The maximum Gasteiger partial charge on any atom is 0.321 e. The Bertz CT molecular complexity index is 737. The Kier molecular flexibility index (Phi) is 16.4. The highest BCUT2D eigenvalue weighted by Crippen LogP contribution is 2.18. The maximum absolute atomic E-state index is 5.67. The number of anilines is 2. The molecule has 0 aromatic carbocycles. The zero-order valence-corrected chi connectivity index (χ0v) is 21.4. The summed E-state index contributed by atoms with van der Waals surface area (Å²) in [5, 5.41) is 7.22. The molecule has 0 aliphatic carbocycles. The fraction of sp³-hybridized carbons (Fsp3) is 0.652. The van der Waals surface area contributed by atoms with Crippen LogP contribution in [-0.2, 0) is 0 Å². The molecule has 9 heteroatoms. The Balaban J connectivity index is 0.00000227. The van der Waals surface area contributed by atoms with Crippen LogP contribution in [0.3, 0.4) is 0 Å². The third-order valence-corrected chi connectivity index (χ3v) is 3.99. The number of hydrogen-bond acceptors (Lipinski definition) is 9. The lowest BCUT2D eigenvalue weighted by Crippen LogP contribution is -2.28. The Hall–Kier alpha value is -2.68. The number of hydrogen-bond donors (Lipinski definition) is 2. The van der Waals surface area contributed by atoms with Crippen molar-refractivity contribution in [2.45, 2.75) is 68.2 Å². The molecule has 9 nitrogen and oxygen atoms in total. The largest absolute Gasteiger partial charge is 0.462 e. The van der Waals surface area contributed by atoms with Crippen molar-refractivity contribution in [1.82, 2.24) is 20.3 Å². The molecular formula is C23H43N7O2. The van der Waals surface area contributed by atoms with Gasteiger partial charge in [-0.1, -0.05) is 41.5 Å². The van der Waals surface area contributed by atoms with Crippen LogP contribution < -0.4 is 20.4 Å². The van der Waals surface area contributed by atoms with Crippen LogP contribution >= 0.6 is 0 Å². The second kappa shape index (κ2) is 17.9. The summed E-state index contributed by atoms with van der Waals surface area (Å²) in [6.07, 6.45) is 3.55. The Labute approximate surface area is 194 Å². The summed E-state index contributed by atoms with van der Waals surface area (Å²) in [5.41, 5.74) is 3.93. The van der Waals surface area contributed by atoms with Crippen molar-refractivity contribution in [2.24, 2.45) is 5.10 Å². The molecule has 0 aliphatic heterocycles. The highest BCUT2D eigenvalue weighted by Gasteiger charge is 2.13. The molecular weight excluding hydrogens is 406 g/mol. The summed E-state index contributed by atoms with van der Waals surface area (Å²) < 4.78 is 11.2. The van der Waals surface area contributed by atoms with E-state index in [-0.39, 0.29) is 0 Å². The van der Waals surface area contributed by atoms with Gasteiger partial charge in [0.1, 0.15) is 12.4 Å². The first-order valence-electron chi connectivity index (χ1n) is 11.7. The van der Waals surface area contributed by atoms with Crippen LogP contribution in [0.1, 0.15) is 71.5 Å². The predicted octanol–water partition coefficient (Wildman–Crippen LogP) is 4.80. The SMILES string of the molecule is CC.CC.CCCN(CCC)c1nc(/C=N/Nc2cc(C)c(C)o2)nc(OCCNC)n1. The number of aryl methyl sites for hydroxylation is 2. The van der Waals surface area contributed by atoms with Crippen molar-refractivity contribution >= 4 is 18.0 Å². The molecule has 2 N–H and O–H groups in total.